The molecule has 1 aliphatic rings. The van der Waals surface area contributed by atoms with Crippen molar-refractivity contribution < 1.29 is 24.6 Å². The summed E-state index contributed by atoms with van der Waals surface area (Å²) in [6.45, 7) is 3.42. The number of amides is 1. The maximum absolute atomic E-state index is 13.4. The van der Waals surface area contributed by atoms with Crippen molar-refractivity contribution in [3.05, 3.63) is 69.6 Å². The topological polar surface area (TPSA) is 179 Å². The van der Waals surface area contributed by atoms with Crippen LogP contribution in [0, 0.1) is 0 Å². The Morgan fingerprint density at radius 1 is 1.10 bits per heavy atom. The third-order valence-electron chi connectivity index (χ3n) is 7.29. The summed E-state index contributed by atoms with van der Waals surface area (Å²) in [5.41, 5.74) is 8.52. The number of fused-ring (bicyclic) bond motifs is 3. The molecule has 1 atom stereocenters. The zero-order valence-electron chi connectivity index (χ0n) is 21.8. The third-order valence-corrected chi connectivity index (χ3v) is 7.29. The minimum Gasteiger partial charge on any atom is -0.481 e. The number of hydrogen-bond donors (Lipinski definition) is 5. The van der Waals surface area contributed by atoms with Crippen LogP contribution in [-0.4, -0.2) is 55.0 Å². The largest absolute Gasteiger partial charge is 0.481 e. The highest BCUT2D eigenvalue weighted by atomic mass is 16.4. The van der Waals surface area contributed by atoms with E-state index in [4.69, 9.17) is 10.8 Å². The highest BCUT2D eigenvalue weighted by molar-refractivity contribution is 5.98. The first kappa shape index (κ1) is 27.4. The second kappa shape index (κ2) is 11.0. The average molecular weight is 534 g/mol. The number of nitrogen functional groups attached to an aromatic ring is 1. The molecule has 1 aliphatic carbocycles. The number of aryl methyl sites for hydroxylation is 1. The SMILES string of the molecule is CCN(C(=O)c1ccc(Nc2cccc3c2CCc2nc(N)[nH]c(=O)c2-3)cc1)[C@@](CC)(CCC(=O)O)C(=O)O. The van der Waals surface area contributed by atoms with E-state index in [0.29, 0.717) is 29.8 Å². The first-order valence-electron chi connectivity index (χ1n) is 12.8. The quantitative estimate of drug-likeness (QED) is 0.261. The highest BCUT2D eigenvalue weighted by Crippen LogP contribution is 2.36. The first-order chi connectivity index (χ1) is 18.6. The number of benzene rings is 2. The summed E-state index contributed by atoms with van der Waals surface area (Å²) in [7, 11) is 0. The van der Waals surface area contributed by atoms with Gasteiger partial charge in [0.25, 0.3) is 11.5 Å². The number of rotatable bonds is 10. The molecule has 2 aromatic carbocycles. The van der Waals surface area contributed by atoms with Crippen LogP contribution in [0.4, 0.5) is 17.3 Å². The van der Waals surface area contributed by atoms with E-state index >= 15 is 0 Å². The summed E-state index contributed by atoms with van der Waals surface area (Å²) < 4.78 is 0. The van der Waals surface area contributed by atoms with Crippen molar-refractivity contribution in [3.63, 3.8) is 0 Å². The van der Waals surface area contributed by atoms with Crippen LogP contribution < -0.4 is 16.6 Å². The molecule has 39 heavy (non-hydrogen) atoms. The van der Waals surface area contributed by atoms with Gasteiger partial charge in [0.2, 0.25) is 5.95 Å². The van der Waals surface area contributed by atoms with Crippen LogP contribution in [0.1, 0.15) is 54.7 Å². The molecule has 6 N–H and O–H groups in total. The minimum absolute atomic E-state index is 0.0715. The molecular formula is C28H31N5O6. The highest BCUT2D eigenvalue weighted by Gasteiger charge is 2.45. The fourth-order valence-electron chi connectivity index (χ4n) is 5.29. The fourth-order valence-corrected chi connectivity index (χ4v) is 5.29. The molecule has 204 valence electrons. The van der Waals surface area contributed by atoms with Crippen molar-refractivity contribution >= 4 is 35.2 Å². The van der Waals surface area contributed by atoms with Crippen LogP contribution in [0.3, 0.4) is 0 Å². The predicted molar refractivity (Wildman–Crippen MR) is 146 cm³/mol. The van der Waals surface area contributed by atoms with Crippen LogP contribution in [0.15, 0.2) is 47.3 Å². The minimum atomic E-state index is -1.63. The number of carbonyl (C=O) groups is 3. The van der Waals surface area contributed by atoms with E-state index in [0.717, 1.165) is 16.8 Å². The zero-order chi connectivity index (χ0) is 28.3. The van der Waals surface area contributed by atoms with Gasteiger partial charge in [-0.3, -0.25) is 19.4 Å². The van der Waals surface area contributed by atoms with Crippen LogP contribution in [0.2, 0.25) is 0 Å². The lowest BCUT2D eigenvalue weighted by atomic mass is 9.87. The number of likely N-dealkylation sites (N-methyl/N-ethyl adjacent to an activating group) is 1. The van der Waals surface area contributed by atoms with Gasteiger partial charge in [-0.05, 0) is 74.1 Å². The van der Waals surface area contributed by atoms with Crippen LogP contribution >= 0.6 is 0 Å². The van der Waals surface area contributed by atoms with Crippen molar-refractivity contribution in [1.29, 1.82) is 0 Å². The van der Waals surface area contributed by atoms with Gasteiger partial charge in [-0.2, -0.15) is 0 Å². The van der Waals surface area contributed by atoms with Crippen molar-refractivity contribution in [2.75, 3.05) is 17.6 Å². The van der Waals surface area contributed by atoms with Crippen molar-refractivity contribution in [2.45, 2.75) is 51.5 Å². The lowest BCUT2D eigenvalue weighted by Crippen LogP contribution is -2.57. The number of nitrogens with two attached hydrogens (primary N) is 1. The van der Waals surface area contributed by atoms with Gasteiger partial charge in [-0.1, -0.05) is 19.1 Å². The number of H-pyrrole nitrogens is 1. The zero-order valence-corrected chi connectivity index (χ0v) is 21.8. The van der Waals surface area contributed by atoms with E-state index in [1.807, 2.05) is 18.2 Å². The van der Waals surface area contributed by atoms with Crippen LogP contribution in [-0.2, 0) is 22.4 Å². The number of aromatic amines is 1. The summed E-state index contributed by atoms with van der Waals surface area (Å²) >= 11 is 0. The first-order valence-corrected chi connectivity index (χ1v) is 12.8. The van der Waals surface area contributed by atoms with Crippen molar-refractivity contribution in [2.24, 2.45) is 0 Å². The van der Waals surface area contributed by atoms with Crippen LogP contribution in [0.25, 0.3) is 11.1 Å². The molecule has 1 amide bonds. The molecule has 4 rings (SSSR count). The molecule has 0 spiro atoms. The number of carboxylic acid groups (broad SMARTS) is 2. The Labute approximate surface area is 224 Å². The number of carboxylic acids is 2. The molecule has 11 heteroatoms. The van der Waals surface area contributed by atoms with Crippen molar-refractivity contribution in [3.8, 4) is 11.1 Å². The van der Waals surface area contributed by atoms with Gasteiger partial charge >= 0.3 is 11.9 Å². The van der Waals surface area contributed by atoms with Gasteiger partial charge in [0.1, 0.15) is 5.54 Å². The lowest BCUT2D eigenvalue weighted by molar-refractivity contribution is -0.151. The van der Waals surface area contributed by atoms with E-state index in [1.165, 1.54) is 4.90 Å². The molecular weight excluding hydrogens is 502 g/mol. The Balaban J connectivity index is 1.60. The number of carbonyl (C=O) groups excluding carboxylic acids is 1. The van der Waals surface area contributed by atoms with Gasteiger partial charge in [-0.15, -0.1) is 0 Å². The molecule has 1 heterocycles. The number of hydrogen-bond acceptors (Lipinski definition) is 7. The van der Waals surface area contributed by atoms with E-state index < -0.39 is 23.4 Å². The number of anilines is 3. The Kier molecular flexibility index (Phi) is 7.70. The third kappa shape index (κ3) is 5.20. The van der Waals surface area contributed by atoms with Crippen LogP contribution in [0.5, 0.6) is 0 Å². The number of aliphatic carboxylic acids is 2. The standard InChI is InChI=1S/C28H31N5O6/c1-3-28(26(38)39,15-14-22(34)35)33(4-2)25(37)16-8-10-17(11-9-16)30-20-7-5-6-19-18(20)12-13-21-23(19)24(36)32-27(29)31-21/h5-11,30H,3-4,12-15H2,1-2H3,(H,34,35)(H,38,39)(H3,29,31,32,36)/t28-/m0/s1. The number of nitrogens with zero attached hydrogens (tertiary/aromatic N) is 2. The summed E-state index contributed by atoms with van der Waals surface area (Å²) in [5.74, 6) is -2.75. The fraction of sp³-hybridized carbons (Fsp3) is 0.321. The van der Waals surface area contributed by atoms with E-state index in [1.54, 1.807) is 38.1 Å². The van der Waals surface area contributed by atoms with Gasteiger partial charge in [0.15, 0.2) is 0 Å². The summed E-state index contributed by atoms with van der Waals surface area (Å²) in [5, 5.41) is 22.5. The predicted octanol–water partition coefficient (Wildman–Crippen LogP) is 3.42. The molecule has 0 aliphatic heterocycles. The van der Waals surface area contributed by atoms with E-state index in [2.05, 4.69) is 15.3 Å². The normalized spacial score (nSPS) is 13.5. The Bertz CT molecular complexity index is 1480. The second-order valence-corrected chi connectivity index (χ2v) is 9.44. The molecule has 0 radical (unpaired) electrons. The van der Waals surface area contributed by atoms with Gasteiger partial charge in [0, 0.05) is 29.9 Å². The molecule has 1 aromatic heterocycles. The molecule has 0 unspecified atom stereocenters. The molecule has 0 fully saturated rings. The summed E-state index contributed by atoms with van der Waals surface area (Å²) in [6.07, 6.45) is 0.741. The lowest BCUT2D eigenvalue weighted by Gasteiger charge is -2.39. The summed E-state index contributed by atoms with van der Waals surface area (Å²) in [4.78, 5) is 57.5. The number of aromatic nitrogens is 2. The Morgan fingerprint density at radius 2 is 1.82 bits per heavy atom. The maximum Gasteiger partial charge on any atom is 0.329 e. The van der Waals surface area contributed by atoms with Gasteiger partial charge in [-0.25, -0.2) is 9.78 Å². The number of nitrogens with one attached hydrogen (secondary N) is 2. The second-order valence-electron chi connectivity index (χ2n) is 9.44. The molecule has 11 nitrogen and oxygen atoms in total. The molecule has 0 bridgehead atoms. The molecule has 0 saturated carbocycles. The van der Waals surface area contributed by atoms with E-state index in [9.17, 15) is 24.3 Å². The van der Waals surface area contributed by atoms with Gasteiger partial charge < -0.3 is 26.2 Å². The Hall–Kier alpha value is -4.67. The maximum atomic E-state index is 13.4. The Morgan fingerprint density at radius 3 is 2.44 bits per heavy atom. The smallest absolute Gasteiger partial charge is 0.329 e. The van der Waals surface area contributed by atoms with E-state index in [-0.39, 0.29) is 42.9 Å². The monoisotopic (exact) mass is 533 g/mol. The molecule has 0 saturated heterocycles. The average Bonchev–Trinajstić information content (AvgIpc) is 2.90. The van der Waals surface area contributed by atoms with Gasteiger partial charge in [0.05, 0.1) is 11.3 Å². The van der Waals surface area contributed by atoms with Crippen molar-refractivity contribution in [1.82, 2.24) is 14.9 Å². The molecule has 3 aromatic rings. The summed E-state index contributed by atoms with van der Waals surface area (Å²) in [6, 6.07) is 12.3.